The molecule has 0 radical (unpaired) electrons. The van der Waals surface area contributed by atoms with Crippen LogP contribution >= 0.6 is 0 Å². The van der Waals surface area contributed by atoms with Crippen molar-refractivity contribution in [3.8, 4) is 22.6 Å². The Balaban J connectivity index is 1.42. The molecule has 1 aliphatic rings. The van der Waals surface area contributed by atoms with Crippen molar-refractivity contribution in [1.29, 1.82) is 0 Å². The Kier molecular flexibility index (Phi) is 8.76. The molecule has 6 heteroatoms. The lowest BCUT2D eigenvalue weighted by Crippen LogP contribution is -2.44. The summed E-state index contributed by atoms with van der Waals surface area (Å²) in [6.45, 7) is 6.05. The van der Waals surface area contributed by atoms with Gasteiger partial charge in [0.05, 0.1) is 39.4 Å². The van der Waals surface area contributed by atoms with Gasteiger partial charge in [0, 0.05) is 19.6 Å². The molecular formula is C29H34N2O4. The van der Waals surface area contributed by atoms with Gasteiger partial charge in [0.15, 0.2) is 11.5 Å². The number of hydrogen-bond donors (Lipinski definition) is 1. The lowest BCUT2D eigenvalue weighted by molar-refractivity contribution is -0.120. The Hall–Kier alpha value is -3.35. The fourth-order valence-electron chi connectivity index (χ4n) is 4.42. The molecule has 1 N–H and O–H groups in total. The first-order valence-electron chi connectivity index (χ1n) is 12.2. The number of amides is 1. The zero-order valence-electron chi connectivity index (χ0n) is 20.5. The van der Waals surface area contributed by atoms with Crippen LogP contribution in [0.3, 0.4) is 0 Å². The molecular weight excluding hydrogens is 440 g/mol. The van der Waals surface area contributed by atoms with Crippen LogP contribution in [0.2, 0.25) is 0 Å². The Morgan fingerprint density at radius 1 is 0.971 bits per heavy atom. The fraction of sp³-hybridized carbons (Fsp3) is 0.345. The summed E-state index contributed by atoms with van der Waals surface area (Å²) in [6, 6.07) is 24.5. The maximum Gasteiger partial charge on any atom is 0.224 e. The standard InChI is InChI=1S/C29H34N2O4/c1-3-35-27-14-13-25(20-28(27)33-2)26(31-15-17-34-18-16-31)21-30-29(32)19-22-9-11-24(12-10-22)23-7-5-4-6-8-23/h4-14,20,26H,3,15-19,21H2,1-2H3,(H,30,32)/t26-/m0/s1. The Morgan fingerprint density at radius 3 is 2.37 bits per heavy atom. The highest BCUT2D eigenvalue weighted by atomic mass is 16.5. The molecule has 1 heterocycles. The first-order valence-corrected chi connectivity index (χ1v) is 12.2. The summed E-state index contributed by atoms with van der Waals surface area (Å²) >= 11 is 0. The van der Waals surface area contributed by atoms with E-state index in [0.29, 0.717) is 38.5 Å². The predicted octanol–water partition coefficient (Wildman–Crippen LogP) is 4.49. The van der Waals surface area contributed by atoms with E-state index in [1.54, 1.807) is 7.11 Å². The van der Waals surface area contributed by atoms with Crippen molar-refractivity contribution in [2.45, 2.75) is 19.4 Å². The van der Waals surface area contributed by atoms with Crippen LogP contribution in [0.25, 0.3) is 11.1 Å². The van der Waals surface area contributed by atoms with Gasteiger partial charge in [-0.15, -0.1) is 0 Å². The van der Waals surface area contributed by atoms with Crippen LogP contribution < -0.4 is 14.8 Å². The highest BCUT2D eigenvalue weighted by Gasteiger charge is 2.24. The van der Waals surface area contributed by atoms with E-state index in [1.807, 2.05) is 49.4 Å². The Bertz CT molecular complexity index is 1080. The Labute approximate surface area is 207 Å². The molecule has 1 atom stereocenters. The number of nitrogens with one attached hydrogen (secondary N) is 1. The lowest BCUT2D eigenvalue weighted by Gasteiger charge is -2.35. The van der Waals surface area contributed by atoms with E-state index in [1.165, 1.54) is 5.56 Å². The molecule has 0 spiro atoms. The van der Waals surface area contributed by atoms with Crippen molar-refractivity contribution in [2.75, 3.05) is 46.6 Å². The number of ether oxygens (including phenoxy) is 3. The normalized spacial score (nSPS) is 14.8. The molecule has 1 aliphatic heterocycles. The van der Waals surface area contributed by atoms with Crippen LogP contribution in [-0.4, -0.2) is 57.4 Å². The van der Waals surface area contributed by atoms with Crippen LogP contribution in [0.1, 0.15) is 24.1 Å². The summed E-state index contributed by atoms with van der Waals surface area (Å²) in [7, 11) is 1.65. The number of morpholine rings is 1. The van der Waals surface area contributed by atoms with Crippen molar-refractivity contribution in [1.82, 2.24) is 10.2 Å². The zero-order valence-corrected chi connectivity index (χ0v) is 20.5. The van der Waals surface area contributed by atoms with E-state index in [2.05, 4.69) is 40.5 Å². The second-order valence-corrected chi connectivity index (χ2v) is 8.55. The Morgan fingerprint density at radius 2 is 1.69 bits per heavy atom. The number of hydrogen-bond acceptors (Lipinski definition) is 5. The van der Waals surface area contributed by atoms with Gasteiger partial charge in [0.2, 0.25) is 5.91 Å². The third kappa shape index (κ3) is 6.62. The molecule has 184 valence electrons. The van der Waals surface area contributed by atoms with Crippen LogP contribution in [0.4, 0.5) is 0 Å². The number of rotatable bonds is 10. The largest absolute Gasteiger partial charge is 0.493 e. The van der Waals surface area contributed by atoms with Gasteiger partial charge in [-0.1, -0.05) is 60.7 Å². The summed E-state index contributed by atoms with van der Waals surface area (Å²) in [5, 5.41) is 3.16. The van der Waals surface area contributed by atoms with Crippen LogP contribution in [0, 0.1) is 0 Å². The molecule has 1 amide bonds. The number of carbonyl (C=O) groups is 1. The number of benzene rings is 3. The van der Waals surface area contributed by atoms with Crippen molar-refractivity contribution < 1.29 is 19.0 Å². The van der Waals surface area contributed by atoms with E-state index in [0.717, 1.165) is 35.5 Å². The molecule has 0 bridgehead atoms. The van der Waals surface area contributed by atoms with Gasteiger partial charge < -0.3 is 19.5 Å². The average Bonchev–Trinajstić information content (AvgIpc) is 2.91. The van der Waals surface area contributed by atoms with Crippen molar-refractivity contribution in [3.05, 3.63) is 83.9 Å². The second-order valence-electron chi connectivity index (χ2n) is 8.55. The molecule has 3 aromatic rings. The summed E-state index contributed by atoms with van der Waals surface area (Å²) in [4.78, 5) is 15.2. The predicted molar refractivity (Wildman–Crippen MR) is 138 cm³/mol. The smallest absolute Gasteiger partial charge is 0.224 e. The lowest BCUT2D eigenvalue weighted by atomic mass is 10.0. The van der Waals surface area contributed by atoms with Gasteiger partial charge in [-0.3, -0.25) is 9.69 Å². The molecule has 35 heavy (non-hydrogen) atoms. The molecule has 3 aromatic carbocycles. The van der Waals surface area contributed by atoms with Gasteiger partial charge in [-0.2, -0.15) is 0 Å². The second kappa shape index (κ2) is 12.4. The number of methoxy groups -OCH3 is 1. The fourth-order valence-corrected chi connectivity index (χ4v) is 4.42. The molecule has 1 saturated heterocycles. The summed E-state index contributed by atoms with van der Waals surface area (Å²) in [5.41, 5.74) is 4.39. The van der Waals surface area contributed by atoms with Gasteiger partial charge in [0.1, 0.15) is 0 Å². The SMILES string of the molecule is CCOc1ccc([C@H](CNC(=O)Cc2ccc(-c3ccccc3)cc2)N2CCOCC2)cc1OC. The number of carbonyl (C=O) groups excluding carboxylic acids is 1. The molecule has 4 rings (SSSR count). The molecule has 6 nitrogen and oxygen atoms in total. The topological polar surface area (TPSA) is 60.0 Å². The van der Waals surface area contributed by atoms with Gasteiger partial charge in [-0.05, 0) is 41.3 Å². The number of nitrogens with zero attached hydrogens (tertiary/aromatic N) is 1. The van der Waals surface area contributed by atoms with Gasteiger partial charge in [-0.25, -0.2) is 0 Å². The van der Waals surface area contributed by atoms with Gasteiger partial charge in [0.25, 0.3) is 0 Å². The first-order chi connectivity index (χ1) is 17.2. The molecule has 0 saturated carbocycles. The third-order valence-electron chi connectivity index (χ3n) is 6.28. The highest BCUT2D eigenvalue weighted by molar-refractivity contribution is 5.79. The molecule has 1 fully saturated rings. The summed E-state index contributed by atoms with van der Waals surface area (Å²) in [6.07, 6.45) is 0.345. The van der Waals surface area contributed by atoms with Crippen LogP contribution in [0.5, 0.6) is 11.5 Å². The first kappa shape index (κ1) is 24.8. The van der Waals surface area contributed by atoms with E-state index in [4.69, 9.17) is 14.2 Å². The van der Waals surface area contributed by atoms with Gasteiger partial charge >= 0.3 is 0 Å². The minimum atomic E-state index is 0.00798. The van der Waals surface area contributed by atoms with Crippen molar-refractivity contribution in [2.24, 2.45) is 0 Å². The quantitative estimate of drug-likeness (QED) is 0.469. The molecule has 0 unspecified atom stereocenters. The third-order valence-corrected chi connectivity index (χ3v) is 6.28. The maximum absolute atomic E-state index is 12.8. The van der Waals surface area contributed by atoms with Crippen molar-refractivity contribution >= 4 is 5.91 Å². The van der Waals surface area contributed by atoms with Crippen LogP contribution in [0.15, 0.2) is 72.8 Å². The zero-order chi connectivity index (χ0) is 24.5. The van der Waals surface area contributed by atoms with E-state index in [-0.39, 0.29) is 11.9 Å². The van der Waals surface area contributed by atoms with Crippen LogP contribution in [-0.2, 0) is 16.0 Å². The monoisotopic (exact) mass is 474 g/mol. The van der Waals surface area contributed by atoms with E-state index >= 15 is 0 Å². The highest BCUT2D eigenvalue weighted by Crippen LogP contribution is 2.32. The average molecular weight is 475 g/mol. The minimum Gasteiger partial charge on any atom is -0.493 e. The van der Waals surface area contributed by atoms with E-state index < -0.39 is 0 Å². The van der Waals surface area contributed by atoms with Crippen molar-refractivity contribution in [3.63, 3.8) is 0 Å². The molecule has 0 aliphatic carbocycles. The molecule has 0 aromatic heterocycles. The maximum atomic E-state index is 12.8. The summed E-state index contributed by atoms with van der Waals surface area (Å²) < 4.78 is 16.8. The summed E-state index contributed by atoms with van der Waals surface area (Å²) in [5.74, 6) is 1.43. The van der Waals surface area contributed by atoms with E-state index in [9.17, 15) is 4.79 Å². The minimum absolute atomic E-state index is 0.00798.